The van der Waals surface area contributed by atoms with Gasteiger partial charge >= 0.3 is 0 Å². The second kappa shape index (κ2) is 6.32. The number of halogens is 2. The smallest absolute Gasteiger partial charge is 0.168 e. The van der Waals surface area contributed by atoms with Crippen LogP contribution in [0.25, 0.3) is 0 Å². The molecule has 2 aliphatic rings. The Hall–Kier alpha value is -0.490. The summed E-state index contributed by atoms with van der Waals surface area (Å²) in [5.41, 5.74) is 0.737. The van der Waals surface area contributed by atoms with Gasteiger partial charge in [-0.1, -0.05) is 15.9 Å². The van der Waals surface area contributed by atoms with Crippen molar-refractivity contribution in [2.24, 2.45) is 0 Å². The Morgan fingerprint density at radius 1 is 1.29 bits per heavy atom. The van der Waals surface area contributed by atoms with Crippen molar-refractivity contribution < 1.29 is 13.9 Å². The largest absolute Gasteiger partial charge is 0.348 e. The molecular formula is C16H21BrFNO2. The molecular weight excluding hydrogens is 337 g/mol. The van der Waals surface area contributed by atoms with Crippen LogP contribution in [-0.2, 0) is 16.0 Å². The minimum absolute atomic E-state index is 0.139. The van der Waals surface area contributed by atoms with Crippen LogP contribution in [0.2, 0.25) is 0 Å². The predicted molar refractivity (Wildman–Crippen MR) is 82.5 cm³/mol. The quantitative estimate of drug-likeness (QED) is 0.822. The molecule has 116 valence electrons. The fraction of sp³-hybridized carbons (Fsp3) is 0.625. The molecule has 0 N–H and O–H groups in total. The molecule has 1 saturated heterocycles. The van der Waals surface area contributed by atoms with E-state index in [2.05, 4.69) is 27.9 Å². The van der Waals surface area contributed by atoms with Crippen molar-refractivity contribution in [3.63, 3.8) is 0 Å². The molecule has 0 atom stereocenters. The first-order chi connectivity index (χ1) is 10.1. The molecule has 5 heteroatoms. The lowest BCUT2D eigenvalue weighted by Crippen LogP contribution is -2.42. The van der Waals surface area contributed by atoms with E-state index in [1.54, 1.807) is 6.07 Å². The van der Waals surface area contributed by atoms with E-state index in [1.807, 2.05) is 6.07 Å². The molecule has 0 unspecified atom stereocenters. The Morgan fingerprint density at radius 3 is 2.62 bits per heavy atom. The van der Waals surface area contributed by atoms with E-state index in [4.69, 9.17) is 9.47 Å². The van der Waals surface area contributed by atoms with E-state index in [1.165, 1.54) is 6.07 Å². The van der Waals surface area contributed by atoms with Crippen LogP contribution >= 0.6 is 15.9 Å². The monoisotopic (exact) mass is 357 g/mol. The maximum Gasteiger partial charge on any atom is 0.168 e. The van der Waals surface area contributed by atoms with Crippen LogP contribution in [0.1, 0.15) is 31.2 Å². The molecule has 0 aromatic heterocycles. The first-order valence-electron chi connectivity index (χ1n) is 7.50. The Bertz CT molecular complexity index is 495. The third kappa shape index (κ3) is 3.47. The Labute approximate surface area is 133 Å². The molecule has 0 amide bonds. The minimum atomic E-state index is -0.321. The maximum absolute atomic E-state index is 13.9. The van der Waals surface area contributed by atoms with Gasteiger partial charge in [-0.25, -0.2) is 4.39 Å². The number of rotatable bonds is 3. The Kier molecular flexibility index (Phi) is 4.64. The van der Waals surface area contributed by atoms with Crippen LogP contribution in [0.5, 0.6) is 0 Å². The van der Waals surface area contributed by atoms with Gasteiger partial charge in [0.2, 0.25) is 0 Å². The van der Waals surface area contributed by atoms with Crippen molar-refractivity contribution in [3.8, 4) is 0 Å². The number of ether oxygens (including phenoxy) is 2. The average Bonchev–Trinajstić information content (AvgIpc) is 2.92. The van der Waals surface area contributed by atoms with Crippen LogP contribution in [-0.4, -0.2) is 37.0 Å². The molecule has 1 spiro atoms. The Morgan fingerprint density at radius 2 is 1.95 bits per heavy atom. The van der Waals surface area contributed by atoms with Crippen LogP contribution in [0, 0.1) is 5.82 Å². The normalized spacial score (nSPS) is 22.3. The van der Waals surface area contributed by atoms with Gasteiger partial charge < -0.3 is 9.47 Å². The molecule has 1 saturated carbocycles. The number of hydrogen-bond donors (Lipinski definition) is 0. The molecule has 1 heterocycles. The first-order valence-corrected chi connectivity index (χ1v) is 8.29. The standard InChI is InChI=1S/C16H21BrFNO2/c1-19(11-12-10-13(17)2-3-15(12)18)14-4-6-16(7-5-14)20-8-9-21-16/h2-3,10,14H,4-9,11H2,1H3. The maximum atomic E-state index is 13.9. The van der Waals surface area contributed by atoms with Crippen LogP contribution in [0.3, 0.4) is 0 Å². The van der Waals surface area contributed by atoms with E-state index in [0.29, 0.717) is 25.8 Å². The fourth-order valence-electron chi connectivity index (χ4n) is 3.33. The summed E-state index contributed by atoms with van der Waals surface area (Å²) >= 11 is 3.40. The highest BCUT2D eigenvalue weighted by atomic mass is 79.9. The summed E-state index contributed by atoms with van der Waals surface area (Å²) < 4.78 is 26.3. The third-order valence-electron chi connectivity index (χ3n) is 4.58. The second-order valence-electron chi connectivity index (χ2n) is 5.99. The first kappa shape index (κ1) is 15.4. The van der Waals surface area contributed by atoms with Crippen molar-refractivity contribution >= 4 is 15.9 Å². The van der Waals surface area contributed by atoms with E-state index in [-0.39, 0.29) is 11.6 Å². The molecule has 3 nitrogen and oxygen atoms in total. The van der Waals surface area contributed by atoms with E-state index in [9.17, 15) is 4.39 Å². The van der Waals surface area contributed by atoms with Crippen LogP contribution in [0.15, 0.2) is 22.7 Å². The molecule has 1 aliphatic heterocycles. The second-order valence-corrected chi connectivity index (χ2v) is 6.91. The van der Waals surface area contributed by atoms with Crippen molar-refractivity contribution in [3.05, 3.63) is 34.1 Å². The molecule has 21 heavy (non-hydrogen) atoms. The summed E-state index contributed by atoms with van der Waals surface area (Å²) in [6.45, 7) is 2.05. The van der Waals surface area contributed by atoms with E-state index < -0.39 is 0 Å². The summed E-state index contributed by atoms with van der Waals surface area (Å²) in [4.78, 5) is 2.24. The van der Waals surface area contributed by atoms with E-state index >= 15 is 0 Å². The van der Waals surface area contributed by atoms with Gasteiger partial charge in [0.25, 0.3) is 0 Å². The SMILES string of the molecule is CN(Cc1cc(Br)ccc1F)C1CCC2(CC1)OCCO2. The molecule has 0 radical (unpaired) electrons. The van der Waals surface area contributed by atoms with Gasteiger partial charge in [-0.15, -0.1) is 0 Å². The lowest BCUT2D eigenvalue weighted by molar-refractivity contribution is -0.183. The van der Waals surface area contributed by atoms with Gasteiger partial charge in [-0.3, -0.25) is 4.90 Å². The number of nitrogens with zero attached hydrogens (tertiary/aromatic N) is 1. The molecule has 1 aromatic carbocycles. The highest BCUT2D eigenvalue weighted by Crippen LogP contribution is 2.37. The molecule has 1 aliphatic carbocycles. The molecule has 2 fully saturated rings. The summed E-state index contributed by atoms with van der Waals surface area (Å²) in [6.07, 6.45) is 3.93. The van der Waals surface area contributed by atoms with Crippen molar-refractivity contribution in [1.82, 2.24) is 4.90 Å². The third-order valence-corrected chi connectivity index (χ3v) is 5.07. The van der Waals surface area contributed by atoms with Gasteiger partial charge in [0.05, 0.1) is 13.2 Å². The number of benzene rings is 1. The van der Waals surface area contributed by atoms with Gasteiger partial charge in [0, 0.05) is 35.5 Å². The average molecular weight is 358 g/mol. The predicted octanol–water partition coefficient (Wildman–Crippen LogP) is 3.71. The summed E-state index contributed by atoms with van der Waals surface area (Å²) in [7, 11) is 2.07. The summed E-state index contributed by atoms with van der Waals surface area (Å²) in [6, 6.07) is 5.57. The van der Waals surface area contributed by atoms with E-state index in [0.717, 1.165) is 35.7 Å². The van der Waals surface area contributed by atoms with Gasteiger partial charge in [0.15, 0.2) is 5.79 Å². The van der Waals surface area contributed by atoms with Crippen LogP contribution in [0.4, 0.5) is 4.39 Å². The minimum Gasteiger partial charge on any atom is -0.348 e. The lowest BCUT2D eigenvalue weighted by Gasteiger charge is -2.39. The molecule has 0 bridgehead atoms. The van der Waals surface area contributed by atoms with Crippen LogP contribution < -0.4 is 0 Å². The fourth-order valence-corrected chi connectivity index (χ4v) is 3.74. The number of hydrogen-bond acceptors (Lipinski definition) is 3. The molecule has 3 rings (SSSR count). The highest BCUT2D eigenvalue weighted by molar-refractivity contribution is 9.10. The Balaban J connectivity index is 1.59. The van der Waals surface area contributed by atoms with Crippen molar-refractivity contribution in [1.29, 1.82) is 0 Å². The lowest BCUT2D eigenvalue weighted by atomic mass is 9.89. The van der Waals surface area contributed by atoms with Crippen molar-refractivity contribution in [2.75, 3.05) is 20.3 Å². The topological polar surface area (TPSA) is 21.7 Å². The highest BCUT2D eigenvalue weighted by Gasteiger charge is 2.41. The van der Waals surface area contributed by atoms with Gasteiger partial charge in [0.1, 0.15) is 5.82 Å². The summed E-state index contributed by atoms with van der Waals surface area (Å²) in [5, 5.41) is 0. The van der Waals surface area contributed by atoms with Gasteiger partial charge in [-0.05, 0) is 38.1 Å². The van der Waals surface area contributed by atoms with Crippen molar-refractivity contribution in [2.45, 2.75) is 44.1 Å². The zero-order valence-corrected chi connectivity index (χ0v) is 13.9. The zero-order chi connectivity index (χ0) is 14.9. The zero-order valence-electron chi connectivity index (χ0n) is 12.3. The molecule has 1 aromatic rings. The summed E-state index contributed by atoms with van der Waals surface area (Å²) in [5.74, 6) is -0.460. The van der Waals surface area contributed by atoms with Gasteiger partial charge in [-0.2, -0.15) is 0 Å².